The van der Waals surface area contributed by atoms with Crippen LogP contribution in [0.15, 0.2) is 42.5 Å². The van der Waals surface area contributed by atoms with E-state index in [2.05, 4.69) is 4.90 Å². The SMILES string of the molecule is CCOc1cccc(C(=O)N2CCN(c3ccc([N+](=O)[O-])c(N4CCOCC4)c3)CC2)c1. The molecule has 2 saturated heterocycles. The quantitative estimate of drug-likeness (QED) is 0.504. The van der Waals surface area contributed by atoms with Crippen LogP contribution in [0.25, 0.3) is 0 Å². The minimum absolute atomic E-state index is 0.0103. The van der Waals surface area contributed by atoms with E-state index in [0.29, 0.717) is 76.1 Å². The van der Waals surface area contributed by atoms with Crippen LogP contribution >= 0.6 is 0 Å². The lowest BCUT2D eigenvalue weighted by atomic mass is 10.1. The lowest BCUT2D eigenvalue weighted by Gasteiger charge is -2.37. The summed E-state index contributed by atoms with van der Waals surface area (Å²) >= 11 is 0. The van der Waals surface area contributed by atoms with Crippen LogP contribution in [0, 0.1) is 10.1 Å². The van der Waals surface area contributed by atoms with Gasteiger partial charge in [0.15, 0.2) is 0 Å². The summed E-state index contributed by atoms with van der Waals surface area (Å²) in [6.45, 7) is 7.35. The topological polar surface area (TPSA) is 88.4 Å². The standard InChI is InChI=1S/C23H28N4O5/c1-2-32-20-5-3-4-18(16-20)23(28)26-10-8-24(9-11-26)19-6-7-21(27(29)30)22(17-19)25-12-14-31-15-13-25/h3-7,16-17H,2,8-15H2,1H3. The van der Waals surface area contributed by atoms with Crippen LogP contribution in [0.4, 0.5) is 17.1 Å². The van der Waals surface area contributed by atoms with E-state index < -0.39 is 0 Å². The number of carbonyl (C=O) groups is 1. The molecule has 9 nitrogen and oxygen atoms in total. The molecule has 0 N–H and O–H groups in total. The normalized spacial score (nSPS) is 16.7. The van der Waals surface area contributed by atoms with E-state index in [1.54, 1.807) is 18.2 Å². The molecule has 2 aromatic carbocycles. The van der Waals surface area contributed by atoms with Gasteiger partial charge in [0.1, 0.15) is 11.4 Å². The summed E-state index contributed by atoms with van der Waals surface area (Å²) in [4.78, 5) is 30.2. The maximum Gasteiger partial charge on any atom is 0.292 e. The van der Waals surface area contributed by atoms with Gasteiger partial charge in [-0.1, -0.05) is 6.07 Å². The summed E-state index contributed by atoms with van der Waals surface area (Å²) in [7, 11) is 0. The van der Waals surface area contributed by atoms with Crippen molar-refractivity contribution < 1.29 is 19.2 Å². The number of nitro benzene ring substituents is 1. The molecule has 170 valence electrons. The minimum Gasteiger partial charge on any atom is -0.494 e. The van der Waals surface area contributed by atoms with Gasteiger partial charge in [0, 0.05) is 56.6 Å². The fraction of sp³-hybridized carbons (Fsp3) is 0.435. The number of nitrogens with zero attached hydrogens (tertiary/aromatic N) is 4. The highest BCUT2D eigenvalue weighted by Gasteiger charge is 2.26. The average molecular weight is 441 g/mol. The summed E-state index contributed by atoms with van der Waals surface area (Å²) in [6.07, 6.45) is 0. The maximum absolute atomic E-state index is 12.9. The Labute approximate surface area is 187 Å². The average Bonchev–Trinajstić information content (AvgIpc) is 2.84. The number of morpholine rings is 1. The molecule has 1 amide bonds. The molecule has 0 spiro atoms. The third-order valence-electron chi connectivity index (χ3n) is 5.83. The highest BCUT2D eigenvalue weighted by molar-refractivity contribution is 5.94. The van der Waals surface area contributed by atoms with Crippen molar-refractivity contribution in [3.05, 3.63) is 58.1 Å². The summed E-state index contributed by atoms with van der Waals surface area (Å²) in [5, 5.41) is 11.6. The number of anilines is 2. The van der Waals surface area contributed by atoms with Gasteiger partial charge in [-0.2, -0.15) is 0 Å². The Kier molecular flexibility index (Phi) is 6.75. The second-order valence-corrected chi connectivity index (χ2v) is 7.77. The first-order valence-electron chi connectivity index (χ1n) is 10.9. The Morgan fingerprint density at radius 1 is 1.03 bits per heavy atom. The van der Waals surface area contributed by atoms with Crippen LogP contribution in [0.3, 0.4) is 0 Å². The van der Waals surface area contributed by atoms with Gasteiger partial charge in [-0.15, -0.1) is 0 Å². The third-order valence-corrected chi connectivity index (χ3v) is 5.83. The van der Waals surface area contributed by atoms with Crippen molar-refractivity contribution in [2.24, 2.45) is 0 Å². The Balaban J connectivity index is 1.45. The lowest BCUT2D eigenvalue weighted by Crippen LogP contribution is -2.48. The Bertz CT molecular complexity index is 969. The van der Waals surface area contributed by atoms with E-state index in [1.807, 2.05) is 41.0 Å². The summed E-state index contributed by atoms with van der Waals surface area (Å²) < 4.78 is 10.9. The number of hydrogen-bond donors (Lipinski definition) is 0. The summed E-state index contributed by atoms with van der Waals surface area (Å²) in [6, 6.07) is 12.5. The molecule has 2 aliphatic rings. The van der Waals surface area contributed by atoms with Gasteiger partial charge in [-0.25, -0.2) is 0 Å². The van der Waals surface area contributed by atoms with E-state index in [1.165, 1.54) is 0 Å². The number of ether oxygens (including phenoxy) is 2. The molecule has 0 aliphatic carbocycles. The predicted molar refractivity (Wildman–Crippen MR) is 122 cm³/mol. The molecule has 4 rings (SSSR count). The van der Waals surface area contributed by atoms with Gasteiger partial charge in [-0.05, 0) is 37.3 Å². The molecule has 0 saturated carbocycles. The summed E-state index contributed by atoms with van der Waals surface area (Å²) in [5.41, 5.74) is 2.29. The van der Waals surface area contributed by atoms with Gasteiger partial charge in [0.2, 0.25) is 0 Å². The highest BCUT2D eigenvalue weighted by atomic mass is 16.6. The second-order valence-electron chi connectivity index (χ2n) is 7.77. The van der Waals surface area contributed by atoms with Gasteiger partial charge in [0.05, 0.1) is 24.7 Å². The molecule has 2 aliphatic heterocycles. The van der Waals surface area contributed by atoms with Crippen LogP contribution in [-0.4, -0.2) is 74.8 Å². The number of hydrogen-bond acceptors (Lipinski definition) is 7. The van der Waals surface area contributed by atoms with E-state index in [0.717, 1.165) is 5.69 Å². The monoisotopic (exact) mass is 440 g/mol. The number of carbonyl (C=O) groups excluding carboxylic acids is 1. The van der Waals surface area contributed by atoms with Crippen molar-refractivity contribution in [2.45, 2.75) is 6.92 Å². The van der Waals surface area contributed by atoms with Crippen molar-refractivity contribution in [1.82, 2.24) is 4.90 Å². The Morgan fingerprint density at radius 2 is 1.78 bits per heavy atom. The van der Waals surface area contributed by atoms with Crippen LogP contribution in [0.2, 0.25) is 0 Å². The first-order chi connectivity index (χ1) is 15.6. The molecule has 2 fully saturated rings. The van der Waals surface area contributed by atoms with Gasteiger partial charge < -0.3 is 24.2 Å². The molecule has 2 heterocycles. The van der Waals surface area contributed by atoms with E-state index in [4.69, 9.17) is 9.47 Å². The maximum atomic E-state index is 12.9. The first-order valence-corrected chi connectivity index (χ1v) is 10.9. The Hall–Kier alpha value is -3.33. The Morgan fingerprint density at radius 3 is 2.47 bits per heavy atom. The first kappa shape index (κ1) is 21.9. The zero-order valence-electron chi connectivity index (χ0n) is 18.2. The van der Waals surface area contributed by atoms with Crippen LogP contribution < -0.4 is 14.5 Å². The molecular formula is C23H28N4O5. The molecule has 9 heteroatoms. The number of nitro groups is 1. The molecule has 0 atom stereocenters. The van der Waals surface area contributed by atoms with Crippen LogP contribution in [0.5, 0.6) is 5.75 Å². The zero-order valence-corrected chi connectivity index (χ0v) is 18.2. The molecule has 0 bridgehead atoms. The molecule has 32 heavy (non-hydrogen) atoms. The van der Waals surface area contributed by atoms with Crippen molar-refractivity contribution in [3.63, 3.8) is 0 Å². The number of piperazine rings is 1. The fourth-order valence-electron chi connectivity index (χ4n) is 4.16. The largest absolute Gasteiger partial charge is 0.494 e. The number of rotatable bonds is 6. The molecular weight excluding hydrogens is 412 g/mol. The molecule has 2 aromatic rings. The third kappa shape index (κ3) is 4.77. The number of benzene rings is 2. The smallest absolute Gasteiger partial charge is 0.292 e. The van der Waals surface area contributed by atoms with Crippen LogP contribution in [0.1, 0.15) is 17.3 Å². The van der Waals surface area contributed by atoms with Gasteiger partial charge >= 0.3 is 0 Å². The van der Waals surface area contributed by atoms with E-state index >= 15 is 0 Å². The van der Waals surface area contributed by atoms with Crippen molar-refractivity contribution in [1.29, 1.82) is 0 Å². The summed E-state index contributed by atoms with van der Waals surface area (Å²) in [5.74, 6) is 0.683. The minimum atomic E-state index is -0.332. The van der Waals surface area contributed by atoms with Gasteiger partial charge in [0.25, 0.3) is 11.6 Å². The second kappa shape index (κ2) is 9.86. The van der Waals surface area contributed by atoms with Crippen LogP contribution in [-0.2, 0) is 4.74 Å². The number of amides is 1. The molecule has 0 unspecified atom stereocenters. The lowest BCUT2D eigenvalue weighted by molar-refractivity contribution is -0.384. The van der Waals surface area contributed by atoms with E-state index in [-0.39, 0.29) is 16.5 Å². The van der Waals surface area contributed by atoms with Crippen molar-refractivity contribution >= 4 is 23.0 Å². The van der Waals surface area contributed by atoms with E-state index in [9.17, 15) is 14.9 Å². The highest BCUT2D eigenvalue weighted by Crippen LogP contribution is 2.33. The predicted octanol–water partition coefficient (Wildman–Crippen LogP) is 2.79. The van der Waals surface area contributed by atoms with Gasteiger partial charge in [-0.3, -0.25) is 14.9 Å². The fourth-order valence-corrected chi connectivity index (χ4v) is 4.16. The molecule has 0 aromatic heterocycles. The van der Waals surface area contributed by atoms with Crippen molar-refractivity contribution in [3.8, 4) is 5.75 Å². The van der Waals surface area contributed by atoms with Crippen molar-refractivity contribution in [2.75, 3.05) is 68.9 Å². The zero-order chi connectivity index (χ0) is 22.5. The molecule has 0 radical (unpaired) electrons.